The van der Waals surface area contributed by atoms with Gasteiger partial charge in [-0.3, -0.25) is 4.79 Å². The van der Waals surface area contributed by atoms with Crippen molar-refractivity contribution in [2.45, 2.75) is 58.3 Å². The largest absolute Gasteiger partial charge is 0.272 e. The number of nitrogens with zero attached hydrogens (tertiary/aromatic N) is 2. The molecule has 1 heterocycles. The molecular formula is C33H36N2O. The van der Waals surface area contributed by atoms with E-state index in [4.69, 9.17) is 5.10 Å². The van der Waals surface area contributed by atoms with E-state index in [0.717, 1.165) is 40.9 Å². The first-order valence-electron chi connectivity index (χ1n) is 13.3. The zero-order valence-electron chi connectivity index (χ0n) is 21.8. The summed E-state index contributed by atoms with van der Waals surface area (Å²) >= 11 is 0. The molecule has 1 aromatic heterocycles. The zero-order chi connectivity index (χ0) is 25.2. The molecule has 3 atom stereocenters. The van der Waals surface area contributed by atoms with Crippen molar-refractivity contribution >= 4 is 5.91 Å². The Morgan fingerprint density at radius 3 is 1.86 bits per heavy atom. The van der Waals surface area contributed by atoms with Gasteiger partial charge in [-0.2, -0.15) is 9.78 Å². The standard InChI is InChI=1S/C33H36N2O/c1-22(2)28-21-20-23(3)29-31(28)34-35(32(29)27-18-12-7-13-19-27)33(36)24(4)30(25-14-8-5-9-15-25)26-16-10-6-11-17-26/h5-19,22-24,28,30H,20-21H2,1-4H3/t23-,24+,28+/m1/s1. The van der Waals surface area contributed by atoms with Crippen LogP contribution >= 0.6 is 0 Å². The Hall–Kier alpha value is -3.46. The molecule has 0 spiro atoms. The van der Waals surface area contributed by atoms with Crippen LogP contribution in [0, 0.1) is 11.8 Å². The number of hydrogen-bond acceptors (Lipinski definition) is 2. The van der Waals surface area contributed by atoms with E-state index < -0.39 is 0 Å². The first-order chi connectivity index (χ1) is 17.5. The maximum Gasteiger partial charge on any atom is 0.251 e. The minimum Gasteiger partial charge on any atom is -0.272 e. The van der Waals surface area contributed by atoms with Crippen molar-refractivity contribution in [2.24, 2.45) is 11.8 Å². The fourth-order valence-corrected chi connectivity index (χ4v) is 6.03. The van der Waals surface area contributed by atoms with Gasteiger partial charge in [0.25, 0.3) is 5.91 Å². The number of fused-ring (bicyclic) bond motifs is 1. The number of hydrogen-bond donors (Lipinski definition) is 0. The molecule has 5 rings (SSSR count). The van der Waals surface area contributed by atoms with Gasteiger partial charge in [0.1, 0.15) is 0 Å². The Balaban J connectivity index is 1.67. The maximum absolute atomic E-state index is 14.4. The molecule has 0 bridgehead atoms. The van der Waals surface area contributed by atoms with Crippen molar-refractivity contribution in [1.82, 2.24) is 9.78 Å². The number of aromatic nitrogens is 2. The molecule has 0 fully saturated rings. The Labute approximate surface area is 215 Å². The van der Waals surface area contributed by atoms with E-state index in [0.29, 0.717) is 17.8 Å². The smallest absolute Gasteiger partial charge is 0.251 e. The van der Waals surface area contributed by atoms with Gasteiger partial charge in [-0.1, -0.05) is 119 Å². The van der Waals surface area contributed by atoms with Crippen LogP contribution in [0.4, 0.5) is 0 Å². The molecule has 3 aromatic carbocycles. The van der Waals surface area contributed by atoms with E-state index in [2.05, 4.69) is 100 Å². The van der Waals surface area contributed by atoms with Crippen molar-refractivity contribution < 1.29 is 4.79 Å². The van der Waals surface area contributed by atoms with Gasteiger partial charge in [-0.25, -0.2) is 0 Å². The molecule has 3 heteroatoms. The summed E-state index contributed by atoms with van der Waals surface area (Å²) in [5.41, 5.74) is 6.74. The summed E-state index contributed by atoms with van der Waals surface area (Å²) < 4.78 is 1.76. The Kier molecular flexibility index (Phi) is 6.91. The van der Waals surface area contributed by atoms with Crippen molar-refractivity contribution in [3.63, 3.8) is 0 Å². The predicted molar refractivity (Wildman–Crippen MR) is 147 cm³/mol. The predicted octanol–water partition coefficient (Wildman–Crippen LogP) is 8.30. The summed E-state index contributed by atoms with van der Waals surface area (Å²) in [5, 5.41) is 5.14. The van der Waals surface area contributed by atoms with Gasteiger partial charge >= 0.3 is 0 Å². The molecule has 0 saturated heterocycles. The molecule has 1 aliphatic carbocycles. The van der Waals surface area contributed by atoms with Crippen molar-refractivity contribution in [3.8, 4) is 11.3 Å². The Morgan fingerprint density at radius 1 is 0.806 bits per heavy atom. The number of rotatable bonds is 6. The fourth-order valence-electron chi connectivity index (χ4n) is 6.03. The van der Waals surface area contributed by atoms with E-state index in [1.807, 2.05) is 18.2 Å². The lowest BCUT2D eigenvalue weighted by molar-refractivity contribution is 0.0818. The van der Waals surface area contributed by atoms with Gasteiger partial charge in [0.05, 0.1) is 11.4 Å². The molecule has 184 valence electrons. The summed E-state index contributed by atoms with van der Waals surface area (Å²) in [4.78, 5) is 14.4. The van der Waals surface area contributed by atoms with Crippen LogP contribution in [0.2, 0.25) is 0 Å². The molecule has 1 aliphatic rings. The number of benzene rings is 3. The monoisotopic (exact) mass is 476 g/mol. The lowest BCUT2D eigenvalue weighted by atomic mass is 9.75. The van der Waals surface area contributed by atoms with Gasteiger partial charge in [0, 0.05) is 28.9 Å². The molecule has 3 nitrogen and oxygen atoms in total. The third kappa shape index (κ3) is 4.43. The van der Waals surface area contributed by atoms with E-state index in [-0.39, 0.29) is 17.7 Å². The SMILES string of the molecule is CC(C)[C@@H]1CC[C@@H](C)c2c1nn(C(=O)[C@@H](C)C(c1ccccc1)c1ccccc1)c2-c1ccccc1. The van der Waals surface area contributed by atoms with E-state index in [1.165, 1.54) is 5.56 Å². The van der Waals surface area contributed by atoms with Crippen LogP contribution < -0.4 is 0 Å². The zero-order valence-corrected chi connectivity index (χ0v) is 21.8. The maximum atomic E-state index is 14.4. The summed E-state index contributed by atoms with van der Waals surface area (Å²) in [6, 6.07) is 31.2. The van der Waals surface area contributed by atoms with Crippen LogP contribution in [0.25, 0.3) is 11.3 Å². The molecule has 4 aromatic rings. The molecule has 0 amide bonds. The molecular weight excluding hydrogens is 440 g/mol. The van der Waals surface area contributed by atoms with Crippen LogP contribution in [-0.4, -0.2) is 15.7 Å². The fraction of sp³-hybridized carbons (Fsp3) is 0.333. The molecule has 0 radical (unpaired) electrons. The topological polar surface area (TPSA) is 34.9 Å². The lowest BCUT2D eigenvalue weighted by Gasteiger charge is -2.29. The quantitative estimate of drug-likeness (QED) is 0.280. The molecule has 36 heavy (non-hydrogen) atoms. The first kappa shape index (κ1) is 24.2. The van der Waals surface area contributed by atoms with Crippen LogP contribution in [0.3, 0.4) is 0 Å². The lowest BCUT2D eigenvalue weighted by Crippen LogP contribution is -2.27. The number of carbonyl (C=O) groups is 1. The highest BCUT2D eigenvalue weighted by atomic mass is 16.2. The summed E-state index contributed by atoms with van der Waals surface area (Å²) in [6.07, 6.45) is 2.25. The van der Waals surface area contributed by atoms with Crippen molar-refractivity contribution in [2.75, 3.05) is 0 Å². The first-order valence-corrected chi connectivity index (χ1v) is 13.3. The molecule has 0 unspecified atom stereocenters. The highest BCUT2D eigenvalue weighted by Crippen LogP contribution is 2.46. The van der Waals surface area contributed by atoms with Gasteiger partial charge < -0.3 is 0 Å². The average molecular weight is 477 g/mol. The normalized spacial score (nSPS) is 18.3. The van der Waals surface area contributed by atoms with Crippen LogP contribution in [0.5, 0.6) is 0 Å². The third-order valence-electron chi connectivity index (χ3n) is 7.97. The van der Waals surface area contributed by atoms with E-state index in [9.17, 15) is 4.79 Å². The van der Waals surface area contributed by atoms with E-state index >= 15 is 0 Å². The average Bonchev–Trinajstić information content (AvgIpc) is 3.31. The highest BCUT2D eigenvalue weighted by Gasteiger charge is 2.37. The van der Waals surface area contributed by atoms with Gasteiger partial charge in [-0.05, 0) is 35.8 Å². The Morgan fingerprint density at radius 2 is 1.33 bits per heavy atom. The van der Waals surface area contributed by atoms with Crippen molar-refractivity contribution in [1.29, 1.82) is 0 Å². The second kappa shape index (κ2) is 10.3. The minimum absolute atomic E-state index is 0.0515. The van der Waals surface area contributed by atoms with Crippen LogP contribution in [0.1, 0.15) is 85.5 Å². The number of carbonyl (C=O) groups excluding carboxylic acids is 1. The summed E-state index contributed by atoms with van der Waals surface area (Å²) in [6.45, 7) is 8.90. The second-order valence-electron chi connectivity index (χ2n) is 10.7. The van der Waals surface area contributed by atoms with Gasteiger partial charge in [0.15, 0.2) is 0 Å². The third-order valence-corrected chi connectivity index (χ3v) is 7.97. The summed E-state index contributed by atoms with van der Waals surface area (Å²) in [5.74, 6) is 0.950. The minimum atomic E-state index is -0.286. The Bertz CT molecular complexity index is 1270. The van der Waals surface area contributed by atoms with Crippen molar-refractivity contribution in [3.05, 3.63) is 113 Å². The molecule has 0 aliphatic heterocycles. The summed E-state index contributed by atoms with van der Waals surface area (Å²) in [7, 11) is 0. The van der Waals surface area contributed by atoms with Gasteiger partial charge in [-0.15, -0.1) is 0 Å². The second-order valence-corrected chi connectivity index (χ2v) is 10.7. The van der Waals surface area contributed by atoms with Crippen LogP contribution in [-0.2, 0) is 0 Å². The highest BCUT2D eigenvalue weighted by molar-refractivity contribution is 5.87. The molecule has 0 N–H and O–H groups in total. The van der Waals surface area contributed by atoms with Gasteiger partial charge in [0.2, 0.25) is 0 Å². The van der Waals surface area contributed by atoms with E-state index in [1.54, 1.807) is 4.68 Å². The van der Waals surface area contributed by atoms with Crippen LogP contribution in [0.15, 0.2) is 91.0 Å². The molecule has 0 saturated carbocycles.